The predicted octanol–water partition coefficient (Wildman–Crippen LogP) is 15.8. The molecule has 0 aliphatic carbocycles. The molecule has 0 atom stereocenters. The van der Waals surface area contributed by atoms with Crippen molar-refractivity contribution in [3.05, 3.63) is 169 Å². The van der Waals surface area contributed by atoms with Gasteiger partial charge in [-0.25, -0.2) is 4.98 Å². The van der Waals surface area contributed by atoms with Crippen LogP contribution < -0.4 is 4.90 Å². The first-order chi connectivity index (χ1) is 29.5. The third-order valence-corrected chi connectivity index (χ3v) is 13.6. The fourth-order valence-electron chi connectivity index (χ4n) is 10.6. The third kappa shape index (κ3) is 4.62. The Bertz CT molecular complexity index is 3890. The SMILES string of the molecule is CC(C)(C)c1cc2c3cc4c(nc3n3c5ccc6ccccc6c5c(c1)c23)c1cc(C(C)(C)C)cc2c3cc5ccccc5c(N(c5ccccc5)c5ccccc5)c3n4c21. The molecule has 0 radical (unpaired) electrons. The molecule has 13 aromatic rings. The van der Waals surface area contributed by atoms with E-state index in [2.05, 4.69) is 213 Å². The Morgan fingerprint density at radius 2 is 0.951 bits per heavy atom. The molecule has 0 saturated carbocycles. The molecule has 4 nitrogen and oxygen atoms in total. The summed E-state index contributed by atoms with van der Waals surface area (Å²) in [6, 6.07) is 58.8. The van der Waals surface area contributed by atoms with Crippen molar-refractivity contribution in [2.75, 3.05) is 4.90 Å². The zero-order chi connectivity index (χ0) is 41.1. The van der Waals surface area contributed by atoms with Crippen LogP contribution in [0.3, 0.4) is 0 Å². The number of benzene rings is 8. The minimum absolute atomic E-state index is 0.0483. The van der Waals surface area contributed by atoms with Crippen LogP contribution in [0.4, 0.5) is 17.1 Å². The summed E-state index contributed by atoms with van der Waals surface area (Å²) in [5.41, 5.74) is 14.0. The van der Waals surface area contributed by atoms with Crippen molar-refractivity contribution >= 4 is 115 Å². The molecule has 0 amide bonds. The van der Waals surface area contributed by atoms with E-state index in [0.717, 1.165) is 28.1 Å². The van der Waals surface area contributed by atoms with Gasteiger partial charge in [0.1, 0.15) is 5.65 Å². The van der Waals surface area contributed by atoms with Gasteiger partial charge in [-0.3, -0.25) is 4.40 Å². The summed E-state index contributed by atoms with van der Waals surface area (Å²) in [6.45, 7) is 14.0. The number of para-hydroxylation sites is 2. The summed E-state index contributed by atoms with van der Waals surface area (Å²) in [4.78, 5) is 8.36. The highest BCUT2D eigenvalue weighted by Crippen LogP contribution is 2.51. The standard InChI is InChI=1S/C57H44N4/c1-56(2,3)35-29-43-44-32-48-50(58-55(44)61-47-26-25-33-17-13-15-23-39(33)49(47)45(30-35)51(43)61)46-31-36(57(4,5)6)28-42-41-27-34-18-14-16-24-40(34)53(54(41)60(48)52(42)46)59(37-19-9-7-10-20-37)38-21-11-8-12-22-38/h7-32H,1-6H3. The molecule has 5 aromatic heterocycles. The van der Waals surface area contributed by atoms with Gasteiger partial charge in [0.25, 0.3) is 0 Å². The van der Waals surface area contributed by atoms with E-state index in [-0.39, 0.29) is 10.8 Å². The molecular weight excluding hydrogens is 741 g/mol. The first-order valence-electron chi connectivity index (χ1n) is 21.6. The Morgan fingerprint density at radius 1 is 0.410 bits per heavy atom. The normalized spacial score (nSPS) is 13.1. The van der Waals surface area contributed by atoms with E-state index in [4.69, 9.17) is 4.98 Å². The molecule has 4 heteroatoms. The van der Waals surface area contributed by atoms with E-state index in [1.807, 2.05) is 0 Å². The Hall–Kier alpha value is -7.17. The van der Waals surface area contributed by atoms with Crippen molar-refractivity contribution in [2.24, 2.45) is 0 Å². The molecule has 61 heavy (non-hydrogen) atoms. The van der Waals surface area contributed by atoms with Crippen molar-refractivity contribution in [1.29, 1.82) is 0 Å². The maximum absolute atomic E-state index is 5.89. The highest BCUT2D eigenvalue weighted by molar-refractivity contribution is 6.32. The lowest BCUT2D eigenvalue weighted by atomic mass is 9.85. The smallest absolute Gasteiger partial charge is 0.146 e. The number of pyridine rings is 1. The van der Waals surface area contributed by atoms with Crippen LogP contribution in [0.2, 0.25) is 0 Å². The number of nitrogens with zero attached hydrogens (tertiary/aromatic N) is 4. The second kappa shape index (κ2) is 11.8. The van der Waals surface area contributed by atoms with Crippen molar-refractivity contribution in [3.8, 4) is 0 Å². The van der Waals surface area contributed by atoms with Crippen molar-refractivity contribution in [3.63, 3.8) is 0 Å². The number of aromatic nitrogens is 3. The van der Waals surface area contributed by atoms with Gasteiger partial charge in [-0.2, -0.15) is 0 Å². The summed E-state index contributed by atoms with van der Waals surface area (Å²) >= 11 is 0. The number of anilines is 3. The Morgan fingerprint density at radius 3 is 1.62 bits per heavy atom. The summed E-state index contributed by atoms with van der Waals surface area (Å²) < 4.78 is 5.04. The maximum atomic E-state index is 5.89. The monoisotopic (exact) mass is 784 g/mol. The average molecular weight is 785 g/mol. The molecule has 0 unspecified atom stereocenters. The Labute approximate surface area is 353 Å². The lowest BCUT2D eigenvalue weighted by Gasteiger charge is -2.28. The number of hydrogen-bond acceptors (Lipinski definition) is 2. The van der Waals surface area contributed by atoms with Crippen LogP contribution in [0.25, 0.3) is 98.0 Å². The summed E-state index contributed by atoms with van der Waals surface area (Å²) in [7, 11) is 0. The van der Waals surface area contributed by atoms with Gasteiger partial charge in [0.2, 0.25) is 0 Å². The molecule has 0 bridgehead atoms. The lowest BCUT2D eigenvalue weighted by Crippen LogP contribution is -2.11. The van der Waals surface area contributed by atoms with Crippen molar-refractivity contribution in [1.82, 2.24) is 13.8 Å². The second-order valence-corrected chi connectivity index (χ2v) is 19.3. The minimum Gasteiger partial charge on any atom is -0.308 e. The first-order valence-corrected chi connectivity index (χ1v) is 21.6. The van der Waals surface area contributed by atoms with Crippen LogP contribution in [-0.4, -0.2) is 13.8 Å². The summed E-state index contributed by atoms with van der Waals surface area (Å²) in [5, 5.41) is 13.7. The van der Waals surface area contributed by atoms with E-state index >= 15 is 0 Å². The molecule has 5 heterocycles. The lowest BCUT2D eigenvalue weighted by molar-refractivity contribution is 0.591. The van der Waals surface area contributed by atoms with Gasteiger partial charge in [0.05, 0.1) is 38.8 Å². The molecule has 0 N–H and O–H groups in total. The largest absolute Gasteiger partial charge is 0.308 e. The molecule has 0 aliphatic rings. The van der Waals surface area contributed by atoms with Crippen LogP contribution in [0, 0.1) is 0 Å². The van der Waals surface area contributed by atoms with E-state index < -0.39 is 0 Å². The van der Waals surface area contributed by atoms with E-state index in [9.17, 15) is 0 Å². The fraction of sp³-hybridized carbons (Fsp3) is 0.140. The summed E-state index contributed by atoms with van der Waals surface area (Å²) in [5.74, 6) is 0. The highest BCUT2D eigenvalue weighted by Gasteiger charge is 2.30. The van der Waals surface area contributed by atoms with Gasteiger partial charge >= 0.3 is 0 Å². The molecule has 292 valence electrons. The fourth-order valence-corrected chi connectivity index (χ4v) is 10.6. The van der Waals surface area contributed by atoms with E-state index in [1.54, 1.807) is 0 Å². The topological polar surface area (TPSA) is 24.9 Å². The second-order valence-electron chi connectivity index (χ2n) is 19.3. The van der Waals surface area contributed by atoms with Gasteiger partial charge in [-0.1, -0.05) is 133 Å². The Balaban J connectivity index is 1.28. The highest BCUT2D eigenvalue weighted by atomic mass is 15.2. The Kier molecular flexibility index (Phi) is 6.69. The van der Waals surface area contributed by atoms with Crippen LogP contribution >= 0.6 is 0 Å². The minimum atomic E-state index is -0.0815. The molecule has 0 fully saturated rings. The van der Waals surface area contributed by atoms with E-state index in [0.29, 0.717) is 0 Å². The zero-order valence-electron chi connectivity index (χ0n) is 35.3. The van der Waals surface area contributed by atoms with Crippen LogP contribution in [0.15, 0.2) is 158 Å². The van der Waals surface area contributed by atoms with Gasteiger partial charge in [0.15, 0.2) is 0 Å². The average Bonchev–Trinajstić information content (AvgIpc) is 3.98. The third-order valence-electron chi connectivity index (χ3n) is 13.6. The van der Waals surface area contributed by atoms with Gasteiger partial charge in [-0.05, 0) is 105 Å². The predicted molar refractivity (Wildman–Crippen MR) is 261 cm³/mol. The van der Waals surface area contributed by atoms with Crippen LogP contribution in [0.1, 0.15) is 52.7 Å². The first kappa shape index (κ1) is 34.7. The van der Waals surface area contributed by atoms with E-state index in [1.165, 1.54) is 98.1 Å². The maximum Gasteiger partial charge on any atom is 0.146 e. The molecule has 0 spiro atoms. The molecule has 0 aliphatic heterocycles. The molecule has 13 rings (SSSR count). The molecule has 0 saturated heterocycles. The zero-order valence-corrected chi connectivity index (χ0v) is 35.3. The molecular formula is C57H44N4. The number of rotatable bonds is 3. The van der Waals surface area contributed by atoms with Gasteiger partial charge in [-0.15, -0.1) is 0 Å². The van der Waals surface area contributed by atoms with Crippen LogP contribution in [0.5, 0.6) is 0 Å². The van der Waals surface area contributed by atoms with Gasteiger partial charge < -0.3 is 9.30 Å². The molecule has 8 aromatic carbocycles. The van der Waals surface area contributed by atoms with Gasteiger partial charge in [0, 0.05) is 54.5 Å². The quantitative estimate of drug-likeness (QED) is 0.178. The van der Waals surface area contributed by atoms with Crippen molar-refractivity contribution in [2.45, 2.75) is 52.4 Å². The van der Waals surface area contributed by atoms with Crippen molar-refractivity contribution < 1.29 is 0 Å². The van der Waals surface area contributed by atoms with Crippen LogP contribution in [-0.2, 0) is 10.8 Å². The summed E-state index contributed by atoms with van der Waals surface area (Å²) in [6.07, 6.45) is 0. The number of fused-ring (bicyclic) bond motifs is 15. The number of hydrogen-bond donors (Lipinski definition) is 0.